The number of hydrogen-bond acceptors (Lipinski definition) is 4. The van der Waals surface area contributed by atoms with Crippen molar-refractivity contribution < 1.29 is 13.9 Å². The topological polar surface area (TPSA) is 47.7 Å². The van der Waals surface area contributed by atoms with Crippen LogP contribution in [0.1, 0.15) is 24.8 Å². The van der Waals surface area contributed by atoms with Gasteiger partial charge in [-0.25, -0.2) is 4.39 Å². The van der Waals surface area contributed by atoms with Crippen LogP contribution in [-0.4, -0.2) is 44.4 Å². The Bertz CT molecular complexity index is 434. The number of piperidine rings is 1. The molecule has 1 fully saturated rings. The highest BCUT2D eigenvalue weighted by Crippen LogP contribution is 2.23. The second-order valence-corrected chi connectivity index (χ2v) is 5.44. The quantitative estimate of drug-likeness (QED) is 0.783. The molecule has 0 aromatic heterocycles. The Balaban J connectivity index is 1.82. The molecule has 1 aromatic carbocycles. The van der Waals surface area contributed by atoms with E-state index in [1.165, 1.54) is 6.07 Å². The zero-order valence-electron chi connectivity index (χ0n) is 12.7. The first-order valence-corrected chi connectivity index (χ1v) is 7.59. The lowest BCUT2D eigenvalue weighted by molar-refractivity contribution is 0.00551. The summed E-state index contributed by atoms with van der Waals surface area (Å²) in [5.74, 6) is 0.531. The summed E-state index contributed by atoms with van der Waals surface area (Å²) >= 11 is 0. The SMILES string of the molecule is COc1ccc(F)cc1CN1CCC(OCCCN)CC1. The van der Waals surface area contributed by atoms with Crippen LogP contribution >= 0.6 is 0 Å². The minimum Gasteiger partial charge on any atom is -0.496 e. The summed E-state index contributed by atoms with van der Waals surface area (Å²) in [4.78, 5) is 2.32. The van der Waals surface area contributed by atoms with Gasteiger partial charge in [0.1, 0.15) is 11.6 Å². The fourth-order valence-electron chi connectivity index (χ4n) is 2.68. The number of nitrogens with zero attached hydrogens (tertiary/aromatic N) is 1. The van der Waals surface area contributed by atoms with Crippen molar-refractivity contribution in [3.63, 3.8) is 0 Å². The first kappa shape index (κ1) is 16.2. The van der Waals surface area contributed by atoms with E-state index in [0.717, 1.165) is 56.8 Å². The predicted molar refractivity (Wildman–Crippen MR) is 80.9 cm³/mol. The Kier molecular flexibility index (Phi) is 6.42. The van der Waals surface area contributed by atoms with Crippen molar-refractivity contribution >= 4 is 0 Å². The van der Waals surface area contributed by atoms with E-state index < -0.39 is 0 Å². The molecule has 0 unspecified atom stereocenters. The number of methoxy groups -OCH3 is 1. The molecule has 21 heavy (non-hydrogen) atoms. The van der Waals surface area contributed by atoms with Crippen LogP contribution in [0.3, 0.4) is 0 Å². The highest BCUT2D eigenvalue weighted by molar-refractivity contribution is 5.33. The first-order chi connectivity index (χ1) is 10.2. The average Bonchev–Trinajstić information content (AvgIpc) is 2.50. The Morgan fingerprint density at radius 1 is 1.33 bits per heavy atom. The molecule has 5 heteroatoms. The molecule has 118 valence electrons. The van der Waals surface area contributed by atoms with Crippen LogP contribution in [0, 0.1) is 5.82 Å². The number of nitrogens with two attached hydrogens (primary N) is 1. The third kappa shape index (κ3) is 4.95. The van der Waals surface area contributed by atoms with Gasteiger partial charge in [0.25, 0.3) is 0 Å². The Hall–Kier alpha value is -1.17. The van der Waals surface area contributed by atoms with Gasteiger partial charge in [0.2, 0.25) is 0 Å². The van der Waals surface area contributed by atoms with Gasteiger partial charge in [-0.1, -0.05) is 0 Å². The fourth-order valence-corrected chi connectivity index (χ4v) is 2.68. The molecule has 0 radical (unpaired) electrons. The summed E-state index contributed by atoms with van der Waals surface area (Å²) in [6.45, 7) is 4.08. The molecule has 0 atom stereocenters. The Morgan fingerprint density at radius 3 is 2.76 bits per heavy atom. The number of likely N-dealkylation sites (tertiary alicyclic amines) is 1. The van der Waals surface area contributed by atoms with Gasteiger partial charge >= 0.3 is 0 Å². The van der Waals surface area contributed by atoms with Gasteiger partial charge in [0.15, 0.2) is 0 Å². The van der Waals surface area contributed by atoms with E-state index in [9.17, 15) is 4.39 Å². The maximum Gasteiger partial charge on any atom is 0.123 e. The number of ether oxygens (including phenoxy) is 2. The summed E-state index contributed by atoms with van der Waals surface area (Å²) < 4.78 is 24.5. The number of benzene rings is 1. The van der Waals surface area contributed by atoms with Crippen LogP contribution in [0.5, 0.6) is 5.75 Å². The standard InChI is InChI=1S/C16H25FN2O2/c1-20-16-4-3-14(17)11-13(16)12-19-8-5-15(6-9-19)21-10-2-7-18/h3-4,11,15H,2,5-10,12,18H2,1H3. The van der Waals surface area contributed by atoms with Gasteiger partial charge in [0.05, 0.1) is 13.2 Å². The maximum atomic E-state index is 13.4. The molecule has 4 nitrogen and oxygen atoms in total. The lowest BCUT2D eigenvalue weighted by Crippen LogP contribution is -2.36. The molecule has 1 aromatic rings. The summed E-state index contributed by atoms with van der Waals surface area (Å²) in [5, 5.41) is 0. The molecule has 0 saturated carbocycles. The van der Waals surface area contributed by atoms with Crippen molar-refractivity contribution in [3.8, 4) is 5.75 Å². The number of halogens is 1. The van der Waals surface area contributed by atoms with Crippen LogP contribution in [0.4, 0.5) is 4.39 Å². The normalized spacial score (nSPS) is 17.1. The second kappa shape index (κ2) is 8.32. The molecule has 1 aliphatic heterocycles. The number of hydrogen-bond donors (Lipinski definition) is 1. The highest BCUT2D eigenvalue weighted by atomic mass is 19.1. The molecule has 1 aliphatic rings. The fraction of sp³-hybridized carbons (Fsp3) is 0.625. The molecule has 1 saturated heterocycles. The Morgan fingerprint density at radius 2 is 2.10 bits per heavy atom. The van der Waals surface area contributed by atoms with E-state index in [1.54, 1.807) is 19.2 Å². The van der Waals surface area contributed by atoms with Gasteiger partial charge in [-0.3, -0.25) is 4.90 Å². The van der Waals surface area contributed by atoms with E-state index in [-0.39, 0.29) is 5.82 Å². The Labute approximate surface area is 126 Å². The second-order valence-electron chi connectivity index (χ2n) is 5.44. The van der Waals surface area contributed by atoms with Crippen molar-refractivity contribution in [2.24, 2.45) is 5.73 Å². The van der Waals surface area contributed by atoms with Crippen molar-refractivity contribution in [3.05, 3.63) is 29.6 Å². The van der Waals surface area contributed by atoms with Crippen LogP contribution < -0.4 is 10.5 Å². The molecule has 2 N–H and O–H groups in total. The van der Waals surface area contributed by atoms with Crippen LogP contribution in [0.15, 0.2) is 18.2 Å². The van der Waals surface area contributed by atoms with E-state index in [4.69, 9.17) is 15.2 Å². The van der Waals surface area contributed by atoms with Crippen molar-refractivity contribution in [1.29, 1.82) is 0 Å². The third-order valence-corrected chi connectivity index (χ3v) is 3.87. The van der Waals surface area contributed by atoms with Gasteiger partial charge in [-0.15, -0.1) is 0 Å². The van der Waals surface area contributed by atoms with Gasteiger partial charge in [-0.2, -0.15) is 0 Å². The third-order valence-electron chi connectivity index (χ3n) is 3.87. The molecule has 0 amide bonds. The molecule has 0 aliphatic carbocycles. The molecule has 0 spiro atoms. The van der Waals surface area contributed by atoms with Crippen LogP contribution in [-0.2, 0) is 11.3 Å². The molecular formula is C16H25FN2O2. The summed E-state index contributed by atoms with van der Waals surface area (Å²) in [5.41, 5.74) is 6.36. The molecule has 1 heterocycles. The molecular weight excluding hydrogens is 271 g/mol. The summed E-state index contributed by atoms with van der Waals surface area (Å²) in [7, 11) is 1.62. The van der Waals surface area contributed by atoms with Crippen molar-refractivity contribution in [1.82, 2.24) is 4.90 Å². The minimum absolute atomic E-state index is 0.217. The zero-order valence-corrected chi connectivity index (χ0v) is 12.7. The van der Waals surface area contributed by atoms with Crippen molar-refractivity contribution in [2.45, 2.75) is 31.9 Å². The zero-order chi connectivity index (χ0) is 15.1. The molecule has 2 rings (SSSR count). The summed E-state index contributed by atoms with van der Waals surface area (Å²) in [6, 6.07) is 4.68. The maximum absolute atomic E-state index is 13.4. The van der Waals surface area contributed by atoms with Crippen LogP contribution in [0.25, 0.3) is 0 Å². The lowest BCUT2D eigenvalue weighted by Gasteiger charge is -2.32. The smallest absolute Gasteiger partial charge is 0.123 e. The van der Waals surface area contributed by atoms with E-state index >= 15 is 0 Å². The largest absolute Gasteiger partial charge is 0.496 e. The van der Waals surface area contributed by atoms with E-state index in [1.807, 2.05) is 0 Å². The summed E-state index contributed by atoms with van der Waals surface area (Å²) in [6.07, 6.45) is 3.28. The van der Waals surface area contributed by atoms with Gasteiger partial charge in [0, 0.05) is 31.8 Å². The molecule has 0 bridgehead atoms. The predicted octanol–water partition coefficient (Wildman–Crippen LogP) is 2.16. The lowest BCUT2D eigenvalue weighted by atomic mass is 10.1. The minimum atomic E-state index is -0.217. The van der Waals surface area contributed by atoms with Crippen LogP contribution in [0.2, 0.25) is 0 Å². The first-order valence-electron chi connectivity index (χ1n) is 7.59. The van der Waals surface area contributed by atoms with E-state index in [0.29, 0.717) is 12.6 Å². The van der Waals surface area contributed by atoms with Gasteiger partial charge in [-0.05, 0) is 44.0 Å². The monoisotopic (exact) mass is 296 g/mol. The average molecular weight is 296 g/mol. The van der Waals surface area contributed by atoms with Gasteiger partial charge < -0.3 is 15.2 Å². The highest BCUT2D eigenvalue weighted by Gasteiger charge is 2.20. The van der Waals surface area contributed by atoms with E-state index in [2.05, 4.69) is 4.90 Å². The van der Waals surface area contributed by atoms with Crippen molar-refractivity contribution in [2.75, 3.05) is 33.4 Å². The number of rotatable bonds is 7.